The highest BCUT2D eigenvalue weighted by atomic mass is 79.9. The van der Waals surface area contributed by atoms with Crippen LogP contribution in [-0.2, 0) is 11.2 Å². The van der Waals surface area contributed by atoms with E-state index in [0.29, 0.717) is 13.0 Å². The number of carbonyl (C=O) groups is 1. The van der Waals surface area contributed by atoms with Gasteiger partial charge in [0.25, 0.3) is 0 Å². The van der Waals surface area contributed by atoms with Gasteiger partial charge >= 0.3 is 0 Å². The second kappa shape index (κ2) is 6.27. The Balaban J connectivity index is 1.57. The SMILES string of the molecule is CC(C(=O)NCCc1nnc2ccccn12)n1cc(Br)cn1. The first-order valence-electron chi connectivity index (χ1n) is 6.91. The first-order valence-corrected chi connectivity index (χ1v) is 7.70. The predicted octanol–water partition coefficient (Wildman–Crippen LogP) is 1.61. The summed E-state index contributed by atoms with van der Waals surface area (Å²) < 4.78 is 4.38. The van der Waals surface area contributed by atoms with Gasteiger partial charge in [-0.05, 0) is 35.0 Å². The van der Waals surface area contributed by atoms with Crippen LogP contribution in [0.15, 0.2) is 41.3 Å². The molecule has 3 aromatic rings. The number of nitrogens with one attached hydrogen (secondary N) is 1. The Labute approximate surface area is 135 Å². The van der Waals surface area contributed by atoms with Crippen LogP contribution in [-0.4, -0.2) is 36.8 Å². The van der Waals surface area contributed by atoms with E-state index in [9.17, 15) is 4.79 Å². The summed E-state index contributed by atoms with van der Waals surface area (Å²) >= 11 is 3.32. The predicted molar refractivity (Wildman–Crippen MR) is 84.3 cm³/mol. The average Bonchev–Trinajstić information content (AvgIpc) is 3.13. The lowest BCUT2D eigenvalue weighted by atomic mass is 10.3. The van der Waals surface area contributed by atoms with Crippen molar-refractivity contribution < 1.29 is 4.79 Å². The molecule has 1 N–H and O–H groups in total. The van der Waals surface area contributed by atoms with Gasteiger partial charge < -0.3 is 5.32 Å². The smallest absolute Gasteiger partial charge is 0.244 e. The van der Waals surface area contributed by atoms with Gasteiger partial charge in [-0.2, -0.15) is 5.10 Å². The molecule has 0 saturated heterocycles. The lowest BCUT2D eigenvalue weighted by Crippen LogP contribution is -2.32. The summed E-state index contributed by atoms with van der Waals surface area (Å²) in [6, 6.07) is 5.38. The van der Waals surface area contributed by atoms with Crippen molar-refractivity contribution in [1.82, 2.24) is 29.7 Å². The molecule has 0 radical (unpaired) electrons. The minimum atomic E-state index is -0.360. The summed E-state index contributed by atoms with van der Waals surface area (Å²) in [4.78, 5) is 12.1. The molecule has 1 atom stereocenters. The number of aromatic nitrogens is 5. The highest BCUT2D eigenvalue weighted by molar-refractivity contribution is 9.10. The molecular formula is C14H15BrN6O. The minimum Gasteiger partial charge on any atom is -0.354 e. The fourth-order valence-electron chi connectivity index (χ4n) is 2.15. The van der Waals surface area contributed by atoms with Crippen molar-refractivity contribution in [1.29, 1.82) is 0 Å². The standard InChI is InChI=1S/C14H15BrN6O/c1-10(21-9-11(15)8-17-21)14(22)16-6-5-13-19-18-12-4-2-3-7-20(12)13/h2-4,7-10H,5-6H2,1H3,(H,16,22). The van der Waals surface area contributed by atoms with Crippen molar-refractivity contribution in [3.05, 3.63) is 47.1 Å². The molecular weight excluding hydrogens is 348 g/mol. The number of carbonyl (C=O) groups excluding carboxylic acids is 1. The number of hydrogen-bond acceptors (Lipinski definition) is 4. The van der Waals surface area contributed by atoms with Crippen molar-refractivity contribution in [3.8, 4) is 0 Å². The zero-order valence-electron chi connectivity index (χ0n) is 12.0. The minimum absolute atomic E-state index is 0.0792. The molecule has 7 nitrogen and oxygen atoms in total. The van der Waals surface area contributed by atoms with Crippen LogP contribution < -0.4 is 5.32 Å². The van der Waals surface area contributed by atoms with Crippen molar-refractivity contribution in [3.63, 3.8) is 0 Å². The molecule has 1 amide bonds. The van der Waals surface area contributed by atoms with Crippen LogP contribution in [0.25, 0.3) is 5.65 Å². The molecule has 0 aliphatic rings. The number of amides is 1. The lowest BCUT2D eigenvalue weighted by molar-refractivity contribution is -0.124. The molecule has 8 heteroatoms. The van der Waals surface area contributed by atoms with E-state index >= 15 is 0 Å². The van der Waals surface area contributed by atoms with Crippen LogP contribution in [0.3, 0.4) is 0 Å². The highest BCUT2D eigenvalue weighted by Gasteiger charge is 2.15. The first kappa shape index (κ1) is 14.7. The second-order valence-electron chi connectivity index (χ2n) is 4.90. The van der Waals surface area contributed by atoms with E-state index in [0.717, 1.165) is 15.9 Å². The van der Waals surface area contributed by atoms with Gasteiger partial charge in [-0.3, -0.25) is 13.9 Å². The van der Waals surface area contributed by atoms with Crippen LogP contribution in [0.4, 0.5) is 0 Å². The van der Waals surface area contributed by atoms with Crippen molar-refractivity contribution in [2.45, 2.75) is 19.4 Å². The van der Waals surface area contributed by atoms with Crippen LogP contribution in [0.2, 0.25) is 0 Å². The summed E-state index contributed by atoms with van der Waals surface area (Å²) in [7, 11) is 0. The number of rotatable bonds is 5. The number of pyridine rings is 1. The van der Waals surface area contributed by atoms with E-state index in [2.05, 4.69) is 36.5 Å². The third-order valence-corrected chi connectivity index (χ3v) is 3.79. The Kier molecular flexibility index (Phi) is 4.19. The molecule has 3 aromatic heterocycles. The molecule has 22 heavy (non-hydrogen) atoms. The molecule has 0 aliphatic heterocycles. The molecule has 114 valence electrons. The summed E-state index contributed by atoms with van der Waals surface area (Å²) in [5.74, 6) is 0.745. The van der Waals surface area contributed by atoms with Crippen LogP contribution >= 0.6 is 15.9 Å². The normalized spacial score (nSPS) is 12.5. The van der Waals surface area contributed by atoms with Gasteiger partial charge in [0, 0.05) is 25.4 Å². The van der Waals surface area contributed by atoms with E-state index in [1.54, 1.807) is 24.0 Å². The zero-order valence-corrected chi connectivity index (χ0v) is 13.6. The third-order valence-electron chi connectivity index (χ3n) is 3.38. The van der Waals surface area contributed by atoms with Gasteiger partial charge in [-0.1, -0.05) is 6.07 Å². The number of halogens is 1. The second-order valence-corrected chi connectivity index (χ2v) is 5.82. The topological polar surface area (TPSA) is 77.1 Å². The number of fused-ring (bicyclic) bond motifs is 1. The molecule has 3 rings (SSSR count). The van der Waals surface area contributed by atoms with Crippen molar-refractivity contribution in [2.24, 2.45) is 0 Å². The van der Waals surface area contributed by atoms with Crippen LogP contribution in [0.1, 0.15) is 18.8 Å². The molecule has 0 saturated carbocycles. The molecule has 0 aromatic carbocycles. The Morgan fingerprint density at radius 3 is 3.05 bits per heavy atom. The summed E-state index contributed by atoms with van der Waals surface area (Å²) in [5, 5.41) is 15.2. The average molecular weight is 363 g/mol. The number of hydrogen-bond donors (Lipinski definition) is 1. The highest BCUT2D eigenvalue weighted by Crippen LogP contribution is 2.11. The largest absolute Gasteiger partial charge is 0.354 e. The van der Waals surface area contributed by atoms with E-state index in [1.807, 2.05) is 28.8 Å². The first-order chi connectivity index (χ1) is 10.6. The molecule has 0 fully saturated rings. The quantitative estimate of drug-likeness (QED) is 0.747. The van der Waals surface area contributed by atoms with Gasteiger partial charge in [0.1, 0.15) is 11.9 Å². The number of nitrogens with zero attached hydrogens (tertiary/aromatic N) is 5. The maximum absolute atomic E-state index is 12.1. The van der Waals surface area contributed by atoms with Crippen LogP contribution in [0.5, 0.6) is 0 Å². The molecule has 0 spiro atoms. The molecule has 0 bridgehead atoms. The Hall–Kier alpha value is -2.22. The maximum atomic E-state index is 12.1. The van der Waals surface area contributed by atoms with Crippen LogP contribution in [0, 0.1) is 0 Å². The summed E-state index contributed by atoms with van der Waals surface area (Å²) in [6.45, 7) is 2.31. The van der Waals surface area contributed by atoms with Gasteiger partial charge in [-0.15, -0.1) is 10.2 Å². The van der Waals surface area contributed by atoms with Crippen molar-refractivity contribution >= 4 is 27.5 Å². The van der Waals surface area contributed by atoms with E-state index in [1.165, 1.54) is 0 Å². The van der Waals surface area contributed by atoms with E-state index < -0.39 is 0 Å². The summed E-state index contributed by atoms with van der Waals surface area (Å²) in [5.41, 5.74) is 0.804. The van der Waals surface area contributed by atoms with Gasteiger partial charge in [0.05, 0.1) is 10.7 Å². The van der Waals surface area contributed by atoms with E-state index in [-0.39, 0.29) is 11.9 Å². The van der Waals surface area contributed by atoms with Gasteiger partial charge in [0.2, 0.25) is 5.91 Å². The maximum Gasteiger partial charge on any atom is 0.244 e. The third kappa shape index (κ3) is 3.01. The molecule has 3 heterocycles. The Morgan fingerprint density at radius 2 is 2.27 bits per heavy atom. The fraction of sp³-hybridized carbons (Fsp3) is 0.286. The van der Waals surface area contributed by atoms with Crippen molar-refractivity contribution in [2.75, 3.05) is 6.54 Å². The monoisotopic (exact) mass is 362 g/mol. The van der Waals surface area contributed by atoms with Gasteiger partial charge in [0.15, 0.2) is 5.65 Å². The molecule has 0 aliphatic carbocycles. The lowest BCUT2D eigenvalue weighted by Gasteiger charge is -2.12. The van der Waals surface area contributed by atoms with Gasteiger partial charge in [-0.25, -0.2) is 0 Å². The Morgan fingerprint density at radius 1 is 1.41 bits per heavy atom. The molecule has 1 unspecified atom stereocenters. The van der Waals surface area contributed by atoms with E-state index in [4.69, 9.17) is 0 Å². The zero-order chi connectivity index (χ0) is 15.5. The fourth-order valence-corrected chi connectivity index (χ4v) is 2.45. The Bertz CT molecular complexity index is 795. The summed E-state index contributed by atoms with van der Waals surface area (Å²) in [6.07, 6.45) is 5.96.